The molecule has 0 radical (unpaired) electrons. The first-order chi connectivity index (χ1) is 18.4. The number of imidazole rings is 1. The summed E-state index contributed by atoms with van der Waals surface area (Å²) in [5, 5.41) is 12.4. The van der Waals surface area contributed by atoms with Crippen molar-refractivity contribution in [3.8, 4) is 17.7 Å². The molecule has 1 atom stereocenters. The number of nitrogens with zero attached hydrogens (tertiary/aromatic N) is 7. The number of nitriles is 1. The number of aromatic nitrogens is 5. The minimum atomic E-state index is -0.00839. The summed E-state index contributed by atoms with van der Waals surface area (Å²) in [7, 11) is 1.85. The molecule has 4 aromatic rings. The van der Waals surface area contributed by atoms with Gasteiger partial charge in [-0.05, 0) is 43.5 Å². The van der Waals surface area contributed by atoms with Crippen LogP contribution in [0.15, 0.2) is 43.0 Å². The van der Waals surface area contributed by atoms with E-state index in [1.807, 2.05) is 24.9 Å². The third-order valence-electron chi connectivity index (χ3n) is 7.22. The fourth-order valence-electron chi connectivity index (χ4n) is 5.04. The van der Waals surface area contributed by atoms with Crippen LogP contribution in [0.1, 0.15) is 34.5 Å². The lowest BCUT2D eigenvalue weighted by Gasteiger charge is -2.22. The average molecular weight is 511 g/mol. The van der Waals surface area contributed by atoms with Gasteiger partial charge in [0, 0.05) is 44.4 Å². The van der Waals surface area contributed by atoms with Gasteiger partial charge in [0.25, 0.3) is 5.91 Å². The van der Waals surface area contributed by atoms with Gasteiger partial charge in [-0.2, -0.15) is 10.2 Å². The van der Waals surface area contributed by atoms with Crippen LogP contribution < -0.4 is 10.1 Å². The molecule has 2 aliphatic rings. The van der Waals surface area contributed by atoms with Crippen LogP contribution in [-0.4, -0.2) is 61.6 Å². The summed E-state index contributed by atoms with van der Waals surface area (Å²) >= 11 is 0. The highest BCUT2D eigenvalue weighted by atomic mass is 16.5. The number of pyridine rings is 3. The maximum atomic E-state index is 13.1. The predicted octanol–water partition coefficient (Wildman–Crippen LogP) is 3.73. The van der Waals surface area contributed by atoms with Crippen LogP contribution in [0.5, 0.6) is 11.6 Å². The molecule has 2 fully saturated rings. The molecule has 0 bridgehead atoms. The normalized spacial score (nSPS) is 18.7. The number of amides is 1. The molecule has 1 N–H and O–H groups in total. The van der Waals surface area contributed by atoms with Crippen LogP contribution in [0.25, 0.3) is 11.2 Å². The molecule has 0 aliphatic carbocycles. The van der Waals surface area contributed by atoms with Gasteiger partial charge in [0.2, 0.25) is 5.88 Å². The second-order valence-electron chi connectivity index (χ2n) is 9.92. The van der Waals surface area contributed by atoms with Gasteiger partial charge in [-0.3, -0.25) is 4.79 Å². The first-order valence-electron chi connectivity index (χ1n) is 12.4. The molecule has 4 aromatic heterocycles. The Morgan fingerprint density at radius 1 is 1.21 bits per heavy atom. The molecule has 1 unspecified atom stereocenters. The van der Waals surface area contributed by atoms with Crippen molar-refractivity contribution in [2.45, 2.75) is 19.8 Å². The molecule has 6 rings (SSSR count). The van der Waals surface area contributed by atoms with E-state index in [0.29, 0.717) is 45.6 Å². The quantitative estimate of drug-likeness (QED) is 0.427. The molecule has 0 aromatic carbocycles. The van der Waals surface area contributed by atoms with Gasteiger partial charge < -0.3 is 24.3 Å². The number of hydrogen-bond donors (Lipinski definition) is 1. The van der Waals surface area contributed by atoms with Crippen LogP contribution >= 0.6 is 0 Å². The fourth-order valence-corrected chi connectivity index (χ4v) is 5.04. The van der Waals surface area contributed by atoms with Gasteiger partial charge in [0.1, 0.15) is 23.1 Å². The average Bonchev–Trinajstić information content (AvgIpc) is 3.67. The Kier molecular flexibility index (Phi) is 5.88. The van der Waals surface area contributed by atoms with E-state index < -0.39 is 0 Å². The van der Waals surface area contributed by atoms with Crippen molar-refractivity contribution in [2.75, 3.05) is 31.6 Å². The smallest absolute Gasteiger partial charge is 0.255 e. The number of nitrogens with one attached hydrogen (secondary N) is 1. The molecule has 11 nitrogen and oxygen atoms in total. The lowest BCUT2D eigenvalue weighted by molar-refractivity contribution is 0.0765. The van der Waals surface area contributed by atoms with Crippen LogP contribution in [0.2, 0.25) is 0 Å². The molecular formula is C27H26N8O3. The highest BCUT2D eigenvalue weighted by Gasteiger charge is 2.42. The minimum Gasteiger partial charge on any atom is -0.437 e. The van der Waals surface area contributed by atoms with Gasteiger partial charge in [-0.1, -0.05) is 0 Å². The summed E-state index contributed by atoms with van der Waals surface area (Å²) in [4.78, 5) is 32.6. The third kappa shape index (κ3) is 4.39. The molecule has 1 spiro atoms. The molecule has 1 amide bonds. The summed E-state index contributed by atoms with van der Waals surface area (Å²) < 4.78 is 13.4. The standard InChI is InChI=1S/C27H26N8O3/c1-17-9-19(11-28)29-13-21(17)38-23-10-20(24-25(33-23)34(2)16-31-24)32-22-4-3-18(12-30-22)26(36)35-7-5-27(14-35)6-8-37-15-27/h3-4,9-10,12-13,16H,5-8,14-15H2,1-2H3,(H,30,32,33). The molecule has 6 heterocycles. The molecule has 2 aliphatic heterocycles. The number of carbonyl (C=O) groups is 1. The summed E-state index contributed by atoms with van der Waals surface area (Å²) in [5.74, 6) is 1.39. The maximum absolute atomic E-state index is 13.1. The van der Waals surface area contributed by atoms with Gasteiger partial charge in [-0.25, -0.2) is 15.0 Å². The van der Waals surface area contributed by atoms with Crippen LogP contribution in [0, 0.1) is 23.7 Å². The lowest BCUT2D eigenvalue weighted by Crippen LogP contribution is -2.32. The zero-order chi connectivity index (χ0) is 26.3. The van der Waals surface area contributed by atoms with Gasteiger partial charge in [-0.15, -0.1) is 0 Å². The number of aryl methyl sites for hydroxylation is 2. The van der Waals surface area contributed by atoms with Crippen molar-refractivity contribution in [3.63, 3.8) is 0 Å². The highest BCUT2D eigenvalue weighted by molar-refractivity contribution is 5.94. The topological polar surface area (TPSA) is 131 Å². The van der Waals surface area contributed by atoms with E-state index in [9.17, 15) is 4.79 Å². The highest BCUT2D eigenvalue weighted by Crippen LogP contribution is 2.38. The van der Waals surface area contributed by atoms with E-state index >= 15 is 0 Å². The molecule has 0 saturated carbocycles. The largest absolute Gasteiger partial charge is 0.437 e. The van der Waals surface area contributed by atoms with Crippen LogP contribution in [0.4, 0.5) is 11.5 Å². The summed E-state index contributed by atoms with van der Waals surface area (Å²) in [6.45, 7) is 4.83. The van der Waals surface area contributed by atoms with Crippen LogP contribution in [0.3, 0.4) is 0 Å². The lowest BCUT2D eigenvalue weighted by atomic mass is 9.87. The minimum absolute atomic E-state index is 0.00839. The molecule has 11 heteroatoms. The first-order valence-corrected chi connectivity index (χ1v) is 12.4. The van der Waals surface area contributed by atoms with Crippen molar-refractivity contribution < 1.29 is 14.3 Å². The number of ether oxygens (including phenoxy) is 2. The molecule has 38 heavy (non-hydrogen) atoms. The van der Waals surface area contributed by atoms with E-state index in [0.717, 1.165) is 44.7 Å². The van der Waals surface area contributed by atoms with Gasteiger partial charge in [0.05, 0.1) is 30.4 Å². The first kappa shape index (κ1) is 23.8. The van der Waals surface area contributed by atoms with Gasteiger partial charge in [0.15, 0.2) is 11.4 Å². The maximum Gasteiger partial charge on any atom is 0.255 e. The Bertz CT molecular complexity index is 1570. The van der Waals surface area contributed by atoms with E-state index in [1.165, 1.54) is 6.20 Å². The number of anilines is 2. The Hall–Kier alpha value is -4.56. The van der Waals surface area contributed by atoms with Crippen molar-refractivity contribution in [2.24, 2.45) is 12.5 Å². The zero-order valence-electron chi connectivity index (χ0n) is 21.1. The second kappa shape index (κ2) is 9.39. The van der Waals surface area contributed by atoms with Crippen molar-refractivity contribution in [3.05, 3.63) is 59.8 Å². The Labute approximate surface area is 219 Å². The number of likely N-dealkylation sites (tertiary alicyclic amines) is 1. The molecular weight excluding hydrogens is 484 g/mol. The van der Waals surface area contributed by atoms with E-state index in [4.69, 9.17) is 14.7 Å². The third-order valence-corrected chi connectivity index (χ3v) is 7.22. The van der Waals surface area contributed by atoms with E-state index in [-0.39, 0.29) is 11.3 Å². The number of rotatable bonds is 5. The van der Waals surface area contributed by atoms with E-state index in [2.05, 4.69) is 25.3 Å². The monoisotopic (exact) mass is 510 g/mol. The predicted molar refractivity (Wildman–Crippen MR) is 138 cm³/mol. The van der Waals surface area contributed by atoms with Crippen molar-refractivity contribution in [1.82, 2.24) is 29.4 Å². The number of hydrogen-bond acceptors (Lipinski definition) is 9. The zero-order valence-corrected chi connectivity index (χ0v) is 21.1. The number of carbonyl (C=O) groups excluding carboxylic acids is 1. The Balaban J connectivity index is 1.22. The second-order valence-corrected chi connectivity index (χ2v) is 9.92. The van der Waals surface area contributed by atoms with Crippen molar-refractivity contribution >= 4 is 28.6 Å². The Morgan fingerprint density at radius 2 is 2.11 bits per heavy atom. The van der Waals surface area contributed by atoms with Gasteiger partial charge >= 0.3 is 0 Å². The van der Waals surface area contributed by atoms with E-state index in [1.54, 1.807) is 41.4 Å². The molecule has 2 saturated heterocycles. The van der Waals surface area contributed by atoms with Crippen LogP contribution in [-0.2, 0) is 11.8 Å². The number of fused-ring (bicyclic) bond motifs is 1. The Morgan fingerprint density at radius 3 is 2.84 bits per heavy atom. The summed E-state index contributed by atoms with van der Waals surface area (Å²) in [6.07, 6.45) is 6.78. The molecule has 192 valence electrons. The fraction of sp³-hybridized carbons (Fsp3) is 0.333. The summed E-state index contributed by atoms with van der Waals surface area (Å²) in [6, 6.07) is 8.98. The van der Waals surface area contributed by atoms with Crippen molar-refractivity contribution in [1.29, 1.82) is 5.26 Å². The SMILES string of the molecule is Cc1cc(C#N)ncc1Oc1cc(Nc2ccc(C(=O)N3CCC4(CCOC4)C3)cn2)c2ncn(C)c2n1. The summed E-state index contributed by atoms with van der Waals surface area (Å²) in [5.41, 5.74) is 3.68.